The minimum absolute atomic E-state index is 0.0337. The summed E-state index contributed by atoms with van der Waals surface area (Å²) in [4.78, 5) is 14.9. The lowest BCUT2D eigenvalue weighted by molar-refractivity contribution is 0.593. The van der Waals surface area contributed by atoms with Gasteiger partial charge in [-0.3, -0.25) is 4.79 Å². The molecule has 0 unspecified atom stereocenters. The van der Waals surface area contributed by atoms with E-state index in [1.54, 1.807) is 10.6 Å². The van der Waals surface area contributed by atoms with Crippen LogP contribution in [0.5, 0.6) is 0 Å². The summed E-state index contributed by atoms with van der Waals surface area (Å²) in [6.45, 7) is 1.81. The number of benzene rings is 3. The average molecular weight is 497 g/mol. The molecule has 0 atom stereocenters. The number of anilines is 1. The van der Waals surface area contributed by atoms with Crippen LogP contribution in [0.1, 0.15) is 18.4 Å². The maximum Gasteiger partial charge on any atom is 0.211 e. The summed E-state index contributed by atoms with van der Waals surface area (Å²) in [5.41, 5.74) is 1.13. The van der Waals surface area contributed by atoms with E-state index in [4.69, 9.17) is 11.6 Å². The summed E-state index contributed by atoms with van der Waals surface area (Å²) < 4.78 is 43.7. The van der Waals surface area contributed by atoms with Crippen LogP contribution in [0.4, 0.5) is 10.1 Å². The zero-order valence-corrected chi connectivity index (χ0v) is 19.8. The van der Waals surface area contributed by atoms with E-state index in [1.807, 2.05) is 35.2 Å². The molecular formula is C26H22ClFN2O3S. The van der Waals surface area contributed by atoms with Crippen LogP contribution in [-0.4, -0.2) is 26.1 Å². The van der Waals surface area contributed by atoms with E-state index in [0.717, 1.165) is 31.5 Å². The number of pyridine rings is 1. The minimum Gasteiger partial charge on any atom is -0.369 e. The minimum atomic E-state index is -4.16. The summed E-state index contributed by atoms with van der Waals surface area (Å²) >= 11 is 5.91. The molecule has 5 rings (SSSR count). The van der Waals surface area contributed by atoms with Crippen molar-refractivity contribution in [3.63, 3.8) is 0 Å². The van der Waals surface area contributed by atoms with Crippen molar-refractivity contribution in [3.8, 4) is 0 Å². The molecule has 2 heterocycles. The summed E-state index contributed by atoms with van der Waals surface area (Å²) in [6.07, 6.45) is 3.33. The van der Waals surface area contributed by atoms with Crippen LogP contribution < -0.4 is 10.3 Å². The SMILES string of the molecule is O=c1c(S(=O)(=O)c2ccc(Cl)cc2)cn(Cc2ccccc2)c2cc(N3CCCC3)c(F)cc12. The highest BCUT2D eigenvalue weighted by Crippen LogP contribution is 2.30. The van der Waals surface area contributed by atoms with E-state index in [9.17, 15) is 13.2 Å². The molecule has 5 nitrogen and oxygen atoms in total. The Balaban J connectivity index is 1.76. The normalized spacial score (nSPS) is 14.1. The highest BCUT2D eigenvalue weighted by molar-refractivity contribution is 7.91. The maximum atomic E-state index is 15.2. The Bertz CT molecular complexity index is 1530. The quantitative estimate of drug-likeness (QED) is 0.377. The lowest BCUT2D eigenvalue weighted by Crippen LogP contribution is -2.22. The predicted octanol–water partition coefficient (Wildman–Crippen LogP) is 5.28. The van der Waals surface area contributed by atoms with E-state index >= 15 is 4.39 Å². The highest BCUT2D eigenvalue weighted by Gasteiger charge is 2.26. The fraction of sp³-hybridized carbons (Fsp3) is 0.192. The molecule has 1 fully saturated rings. The first kappa shape index (κ1) is 22.6. The molecule has 1 aromatic heterocycles. The number of halogens is 2. The van der Waals surface area contributed by atoms with Crippen molar-refractivity contribution in [2.24, 2.45) is 0 Å². The van der Waals surface area contributed by atoms with Crippen LogP contribution in [0.3, 0.4) is 0 Å². The van der Waals surface area contributed by atoms with Gasteiger partial charge >= 0.3 is 0 Å². The van der Waals surface area contributed by atoms with Gasteiger partial charge in [-0.25, -0.2) is 12.8 Å². The molecule has 0 radical (unpaired) electrons. The Morgan fingerprint density at radius 1 is 0.941 bits per heavy atom. The van der Waals surface area contributed by atoms with Gasteiger partial charge in [0, 0.05) is 30.9 Å². The van der Waals surface area contributed by atoms with Gasteiger partial charge in [0.15, 0.2) is 0 Å². The van der Waals surface area contributed by atoms with Crippen molar-refractivity contribution in [2.75, 3.05) is 18.0 Å². The number of hydrogen-bond acceptors (Lipinski definition) is 4. The number of hydrogen-bond donors (Lipinski definition) is 0. The Morgan fingerprint density at radius 3 is 2.29 bits per heavy atom. The zero-order chi connectivity index (χ0) is 23.9. The summed E-state index contributed by atoms with van der Waals surface area (Å²) in [7, 11) is -4.16. The van der Waals surface area contributed by atoms with Crippen LogP contribution in [0.15, 0.2) is 87.5 Å². The van der Waals surface area contributed by atoms with Gasteiger partial charge in [-0.05, 0) is 54.8 Å². The highest BCUT2D eigenvalue weighted by atomic mass is 35.5. The van der Waals surface area contributed by atoms with Gasteiger partial charge in [-0.1, -0.05) is 41.9 Å². The Kier molecular flexibility index (Phi) is 5.91. The first-order valence-corrected chi connectivity index (χ1v) is 12.9. The molecule has 174 valence electrons. The smallest absolute Gasteiger partial charge is 0.211 e. The number of aromatic nitrogens is 1. The second-order valence-corrected chi connectivity index (χ2v) is 10.8. The van der Waals surface area contributed by atoms with E-state index < -0.39 is 26.0 Å². The molecule has 1 aliphatic rings. The van der Waals surface area contributed by atoms with Crippen molar-refractivity contribution in [2.45, 2.75) is 29.2 Å². The van der Waals surface area contributed by atoms with E-state index in [2.05, 4.69) is 0 Å². The third kappa shape index (κ3) is 4.10. The molecule has 1 aliphatic heterocycles. The summed E-state index contributed by atoms with van der Waals surface area (Å²) in [6, 6.07) is 18.0. The molecule has 8 heteroatoms. The Hall–Kier alpha value is -3.16. The summed E-state index contributed by atoms with van der Waals surface area (Å²) in [5, 5.41) is 0.418. The molecule has 0 N–H and O–H groups in total. The van der Waals surface area contributed by atoms with Crippen LogP contribution in [0.2, 0.25) is 5.02 Å². The predicted molar refractivity (Wildman–Crippen MR) is 132 cm³/mol. The van der Waals surface area contributed by atoms with Crippen molar-refractivity contribution in [1.29, 1.82) is 0 Å². The topological polar surface area (TPSA) is 59.4 Å². The van der Waals surface area contributed by atoms with Crippen molar-refractivity contribution >= 4 is 38.0 Å². The third-order valence-corrected chi connectivity index (χ3v) is 8.19. The molecular weight excluding hydrogens is 475 g/mol. The first-order valence-electron chi connectivity index (χ1n) is 11.0. The van der Waals surface area contributed by atoms with E-state index in [0.29, 0.717) is 22.8 Å². The second-order valence-electron chi connectivity index (χ2n) is 8.41. The maximum absolute atomic E-state index is 15.2. The van der Waals surface area contributed by atoms with E-state index in [-0.39, 0.29) is 10.3 Å². The largest absolute Gasteiger partial charge is 0.369 e. The van der Waals surface area contributed by atoms with E-state index in [1.165, 1.54) is 36.5 Å². The molecule has 1 saturated heterocycles. The van der Waals surface area contributed by atoms with Gasteiger partial charge in [-0.15, -0.1) is 0 Å². The molecule has 0 saturated carbocycles. The fourth-order valence-electron chi connectivity index (χ4n) is 4.42. The van der Waals surface area contributed by atoms with Crippen LogP contribution in [-0.2, 0) is 16.4 Å². The molecule has 3 aromatic carbocycles. The Labute approximate surface area is 201 Å². The molecule has 0 aliphatic carbocycles. The number of nitrogens with zero attached hydrogens (tertiary/aromatic N) is 2. The average Bonchev–Trinajstić information content (AvgIpc) is 3.36. The first-order chi connectivity index (χ1) is 16.3. The van der Waals surface area contributed by atoms with Gasteiger partial charge in [0.05, 0.1) is 21.5 Å². The van der Waals surface area contributed by atoms with Gasteiger partial charge < -0.3 is 9.47 Å². The molecule has 0 amide bonds. The number of fused-ring (bicyclic) bond motifs is 1. The summed E-state index contributed by atoms with van der Waals surface area (Å²) in [5.74, 6) is -0.529. The second kappa shape index (κ2) is 8.89. The van der Waals surface area contributed by atoms with Crippen molar-refractivity contribution in [3.05, 3.63) is 99.6 Å². The van der Waals surface area contributed by atoms with Gasteiger partial charge in [-0.2, -0.15) is 0 Å². The van der Waals surface area contributed by atoms with Gasteiger partial charge in [0.1, 0.15) is 10.7 Å². The van der Waals surface area contributed by atoms with Crippen LogP contribution in [0.25, 0.3) is 10.9 Å². The van der Waals surface area contributed by atoms with Gasteiger partial charge in [0.25, 0.3) is 0 Å². The third-order valence-electron chi connectivity index (χ3n) is 6.17. The molecule has 4 aromatic rings. The van der Waals surface area contributed by atoms with Crippen LogP contribution >= 0.6 is 11.6 Å². The number of rotatable bonds is 5. The molecule has 34 heavy (non-hydrogen) atoms. The lowest BCUT2D eigenvalue weighted by atomic mass is 10.1. The van der Waals surface area contributed by atoms with Crippen molar-refractivity contribution < 1.29 is 12.8 Å². The zero-order valence-electron chi connectivity index (χ0n) is 18.2. The van der Waals surface area contributed by atoms with Gasteiger partial charge in [0.2, 0.25) is 15.3 Å². The standard InChI is InChI=1S/C26H22ClFN2O3S/c27-19-8-10-20(11-9-19)34(32,33)25-17-30(16-18-6-2-1-3-7-18)23-15-24(29-12-4-5-13-29)22(28)14-21(23)26(25)31/h1-3,6-11,14-15,17H,4-5,12-13,16H2. The molecule has 0 bridgehead atoms. The monoisotopic (exact) mass is 496 g/mol. The Morgan fingerprint density at radius 2 is 1.62 bits per heavy atom. The van der Waals surface area contributed by atoms with Crippen molar-refractivity contribution in [1.82, 2.24) is 4.57 Å². The van der Waals surface area contributed by atoms with Crippen LogP contribution in [0, 0.1) is 5.82 Å². The lowest BCUT2D eigenvalue weighted by Gasteiger charge is -2.21. The number of sulfone groups is 1. The molecule has 0 spiro atoms. The fourth-order valence-corrected chi connectivity index (χ4v) is 5.91.